The van der Waals surface area contributed by atoms with Crippen molar-refractivity contribution >= 4 is 11.7 Å². The van der Waals surface area contributed by atoms with Crippen LogP contribution in [0, 0.1) is 13.8 Å². The van der Waals surface area contributed by atoms with Crippen molar-refractivity contribution in [2.75, 3.05) is 25.0 Å². The summed E-state index contributed by atoms with van der Waals surface area (Å²) >= 11 is 0. The van der Waals surface area contributed by atoms with Gasteiger partial charge in [0, 0.05) is 31.9 Å². The number of pyridine rings is 1. The number of carbonyl (C=O) groups excluding carboxylic acids is 1. The number of aromatic nitrogens is 2. The summed E-state index contributed by atoms with van der Waals surface area (Å²) in [6.07, 6.45) is 2.73. The topological polar surface area (TPSA) is 62.5 Å². The van der Waals surface area contributed by atoms with Crippen LogP contribution in [0.15, 0.2) is 22.7 Å². The van der Waals surface area contributed by atoms with Crippen LogP contribution in [0.5, 0.6) is 0 Å². The second kappa shape index (κ2) is 7.25. The molecule has 6 heteroatoms. The van der Waals surface area contributed by atoms with Crippen molar-refractivity contribution in [1.82, 2.24) is 15.0 Å². The van der Waals surface area contributed by atoms with Gasteiger partial charge in [-0.1, -0.05) is 18.1 Å². The van der Waals surface area contributed by atoms with Crippen molar-refractivity contribution < 1.29 is 9.32 Å². The van der Waals surface area contributed by atoms with Gasteiger partial charge in [-0.25, -0.2) is 4.98 Å². The summed E-state index contributed by atoms with van der Waals surface area (Å²) < 4.78 is 5.23. The molecule has 1 atom stereocenters. The highest BCUT2D eigenvalue weighted by Crippen LogP contribution is 2.23. The number of nitrogens with zero attached hydrogens (tertiary/aromatic N) is 4. The van der Waals surface area contributed by atoms with Crippen molar-refractivity contribution in [3.8, 4) is 0 Å². The first-order valence-corrected chi connectivity index (χ1v) is 8.92. The number of piperidine rings is 1. The third-order valence-electron chi connectivity index (χ3n) is 4.94. The SMILES string of the molecule is CCc1noc(C)c1C(=O)N(C)[C@@H]1CCCN(c2cccc(C)n2)C1. The molecule has 0 N–H and O–H groups in total. The second-order valence-electron chi connectivity index (χ2n) is 6.71. The zero-order chi connectivity index (χ0) is 18.0. The summed E-state index contributed by atoms with van der Waals surface area (Å²) in [7, 11) is 1.88. The summed E-state index contributed by atoms with van der Waals surface area (Å²) in [6, 6.07) is 6.23. The van der Waals surface area contributed by atoms with Gasteiger partial charge in [0.2, 0.25) is 0 Å². The van der Waals surface area contributed by atoms with Gasteiger partial charge in [-0.2, -0.15) is 0 Å². The van der Waals surface area contributed by atoms with Gasteiger partial charge in [0.05, 0.1) is 5.69 Å². The van der Waals surface area contributed by atoms with Crippen LogP contribution in [0.25, 0.3) is 0 Å². The Bertz CT molecular complexity index is 756. The van der Waals surface area contributed by atoms with Gasteiger partial charge in [-0.15, -0.1) is 0 Å². The molecule has 3 heterocycles. The van der Waals surface area contributed by atoms with E-state index in [0.29, 0.717) is 17.7 Å². The molecule has 0 spiro atoms. The lowest BCUT2D eigenvalue weighted by Gasteiger charge is -2.38. The van der Waals surface area contributed by atoms with Gasteiger partial charge in [-0.3, -0.25) is 4.79 Å². The van der Waals surface area contributed by atoms with Crippen molar-refractivity contribution in [2.45, 2.75) is 46.1 Å². The number of likely N-dealkylation sites (N-methyl/N-ethyl adjacent to an activating group) is 1. The van der Waals surface area contributed by atoms with E-state index in [9.17, 15) is 4.79 Å². The number of aryl methyl sites for hydroxylation is 3. The van der Waals surface area contributed by atoms with Crippen LogP contribution in [0.1, 0.15) is 47.3 Å². The van der Waals surface area contributed by atoms with E-state index in [1.807, 2.05) is 44.0 Å². The molecule has 0 unspecified atom stereocenters. The fraction of sp³-hybridized carbons (Fsp3) is 0.526. The Balaban J connectivity index is 1.76. The predicted octanol–water partition coefficient (Wildman–Crippen LogP) is 2.99. The van der Waals surface area contributed by atoms with Crippen molar-refractivity contribution in [3.05, 3.63) is 40.9 Å². The molecule has 1 amide bonds. The van der Waals surface area contributed by atoms with Crippen molar-refractivity contribution in [3.63, 3.8) is 0 Å². The molecular weight excluding hydrogens is 316 g/mol. The van der Waals surface area contributed by atoms with Gasteiger partial charge in [0.25, 0.3) is 5.91 Å². The largest absolute Gasteiger partial charge is 0.361 e. The maximum Gasteiger partial charge on any atom is 0.259 e. The van der Waals surface area contributed by atoms with E-state index in [0.717, 1.165) is 43.1 Å². The first-order chi connectivity index (χ1) is 12.0. The Morgan fingerprint density at radius 2 is 2.20 bits per heavy atom. The van der Waals surface area contributed by atoms with Crippen LogP contribution in [-0.4, -0.2) is 47.1 Å². The lowest BCUT2D eigenvalue weighted by molar-refractivity contribution is 0.0714. The number of carbonyl (C=O) groups is 1. The van der Waals surface area contributed by atoms with E-state index in [1.54, 1.807) is 6.92 Å². The molecule has 1 saturated heterocycles. The monoisotopic (exact) mass is 342 g/mol. The third kappa shape index (κ3) is 3.52. The highest BCUT2D eigenvalue weighted by Gasteiger charge is 2.30. The Morgan fingerprint density at radius 3 is 2.92 bits per heavy atom. The van der Waals surface area contributed by atoms with Gasteiger partial charge < -0.3 is 14.3 Å². The molecule has 0 aromatic carbocycles. The molecule has 0 bridgehead atoms. The first kappa shape index (κ1) is 17.5. The van der Waals surface area contributed by atoms with E-state index >= 15 is 0 Å². The fourth-order valence-corrected chi connectivity index (χ4v) is 3.46. The van der Waals surface area contributed by atoms with Crippen molar-refractivity contribution in [2.24, 2.45) is 0 Å². The summed E-state index contributed by atoms with van der Waals surface area (Å²) in [4.78, 5) is 21.7. The Morgan fingerprint density at radius 1 is 1.40 bits per heavy atom. The third-order valence-corrected chi connectivity index (χ3v) is 4.94. The number of rotatable bonds is 4. The van der Waals surface area contributed by atoms with Crippen LogP contribution in [0.2, 0.25) is 0 Å². The normalized spacial score (nSPS) is 17.6. The molecule has 25 heavy (non-hydrogen) atoms. The van der Waals surface area contributed by atoms with Gasteiger partial charge in [0.15, 0.2) is 0 Å². The smallest absolute Gasteiger partial charge is 0.259 e. The van der Waals surface area contributed by atoms with Crippen LogP contribution >= 0.6 is 0 Å². The minimum Gasteiger partial charge on any atom is -0.361 e. The summed E-state index contributed by atoms with van der Waals surface area (Å²) in [5, 5.41) is 4.01. The maximum absolute atomic E-state index is 13.0. The van der Waals surface area contributed by atoms with Crippen LogP contribution in [0.4, 0.5) is 5.82 Å². The minimum absolute atomic E-state index is 0.000323. The quantitative estimate of drug-likeness (QED) is 0.855. The molecule has 1 fully saturated rings. The molecule has 6 nitrogen and oxygen atoms in total. The van der Waals surface area contributed by atoms with Gasteiger partial charge in [0.1, 0.15) is 17.1 Å². The number of amides is 1. The molecule has 0 saturated carbocycles. The lowest BCUT2D eigenvalue weighted by atomic mass is 10.0. The lowest BCUT2D eigenvalue weighted by Crippen LogP contribution is -2.49. The maximum atomic E-state index is 13.0. The molecule has 0 aliphatic carbocycles. The second-order valence-corrected chi connectivity index (χ2v) is 6.71. The molecular formula is C19H26N4O2. The highest BCUT2D eigenvalue weighted by atomic mass is 16.5. The van der Waals surface area contributed by atoms with Crippen molar-refractivity contribution in [1.29, 1.82) is 0 Å². The van der Waals surface area contributed by atoms with E-state index in [1.165, 1.54) is 0 Å². The zero-order valence-electron chi connectivity index (χ0n) is 15.5. The Hall–Kier alpha value is -2.37. The molecule has 2 aromatic heterocycles. The molecule has 134 valence electrons. The standard InChI is InChI=1S/C19H26N4O2/c1-5-16-18(14(3)25-21-16)19(24)22(4)15-9-7-11-23(12-15)17-10-6-8-13(2)20-17/h6,8,10,15H,5,7,9,11-12H2,1-4H3/t15-/m1/s1. The summed E-state index contributed by atoms with van der Waals surface area (Å²) in [5.74, 6) is 1.59. The average Bonchev–Trinajstić information content (AvgIpc) is 3.01. The fourth-order valence-electron chi connectivity index (χ4n) is 3.46. The van der Waals surface area contributed by atoms with E-state index in [-0.39, 0.29) is 11.9 Å². The molecule has 1 aliphatic rings. The molecule has 0 radical (unpaired) electrons. The van der Waals surface area contributed by atoms with E-state index in [4.69, 9.17) is 4.52 Å². The zero-order valence-corrected chi connectivity index (χ0v) is 15.5. The number of hydrogen-bond donors (Lipinski definition) is 0. The Labute approximate surface area is 148 Å². The summed E-state index contributed by atoms with van der Waals surface area (Å²) in [5.41, 5.74) is 2.37. The molecule has 3 rings (SSSR count). The van der Waals surface area contributed by atoms with Crippen LogP contribution in [-0.2, 0) is 6.42 Å². The first-order valence-electron chi connectivity index (χ1n) is 8.92. The number of hydrogen-bond acceptors (Lipinski definition) is 5. The van der Waals surface area contributed by atoms with Gasteiger partial charge in [-0.05, 0) is 45.2 Å². The Kier molecular flexibility index (Phi) is 5.06. The molecule has 1 aliphatic heterocycles. The highest BCUT2D eigenvalue weighted by molar-refractivity contribution is 5.96. The summed E-state index contributed by atoms with van der Waals surface area (Å²) in [6.45, 7) is 7.56. The van der Waals surface area contributed by atoms with E-state index in [2.05, 4.69) is 15.0 Å². The van der Waals surface area contributed by atoms with Gasteiger partial charge >= 0.3 is 0 Å². The number of anilines is 1. The predicted molar refractivity (Wildman–Crippen MR) is 96.9 cm³/mol. The van der Waals surface area contributed by atoms with Crippen LogP contribution in [0.3, 0.4) is 0 Å². The van der Waals surface area contributed by atoms with Crippen LogP contribution < -0.4 is 4.90 Å². The average molecular weight is 342 g/mol. The van der Waals surface area contributed by atoms with E-state index < -0.39 is 0 Å². The minimum atomic E-state index is -0.000323. The molecule has 2 aromatic rings.